The van der Waals surface area contributed by atoms with Crippen molar-refractivity contribution in [3.63, 3.8) is 0 Å². The summed E-state index contributed by atoms with van der Waals surface area (Å²) in [7, 11) is 0. The zero-order valence-corrected chi connectivity index (χ0v) is 7.95. The number of anilines is 1. The highest BCUT2D eigenvalue weighted by Gasteiger charge is 2.25. The summed E-state index contributed by atoms with van der Waals surface area (Å²) in [6.07, 6.45) is 3.47. The van der Waals surface area contributed by atoms with E-state index in [4.69, 9.17) is 5.11 Å². The molecule has 0 saturated carbocycles. The van der Waals surface area contributed by atoms with Crippen molar-refractivity contribution in [2.24, 2.45) is 0 Å². The lowest BCUT2D eigenvalue weighted by Crippen LogP contribution is -2.29. The number of hydrogen-bond acceptors (Lipinski definition) is 4. The lowest BCUT2D eigenvalue weighted by molar-refractivity contribution is -0.119. The number of pyridine rings is 1. The smallest absolute Gasteiger partial charge is 0.354 e. The molecule has 2 heterocycles. The molecule has 2 rings (SSSR count). The van der Waals surface area contributed by atoms with Gasteiger partial charge in [0.2, 0.25) is 0 Å². The van der Waals surface area contributed by atoms with Crippen LogP contribution in [0.4, 0.5) is 5.69 Å². The standard InChI is InChI=1S/C10H6N2O4/c13-8-3-4-9(14)12(8)6-1-2-7(10(15)16)11-5-6/h1-5H,(H,15,16). The second kappa shape index (κ2) is 3.58. The Balaban J connectivity index is 2.32. The molecule has 0 radical (unpaired) electrons. The summed E-state index contributed by atoms with van der Waals surface area (Å²) in [6.45, 7) is 0. The maximum Gasteiger partial charge on any atom is 0.354 e. The van der Waals surface area contributed by atoms with Crippen LogP contribution in [0.15, 0.2) is 30.5 Å². The van der Waals surface area contributed by atoms with Crippen molar-refractivity contribution in [2.45, 2.75) is 0 Å². The van der Waals surface area contributed by atoms with Crippen LogP contribution in [0.1, 0.15) is 10.5 Å². The molecule has 6 nitrogen and oxygen atoms in total. The van der Waals surface area contributed by atoms with E-state index in [-0.39, 0.29) is 11.4 Å². The molecule has 0 bridgehead atoms. The number of carbonyl (C=O) groups is 3. The number of carboxylic acids is 1. The van der Waals surface area contributed by atoms with Crippen LogP contribution < -0.4 is 4.90 Å². The van der Waals surface area contributed by atoms with Crippen molar-refractivity contribution >= 4 is 23.5 Å². The van der Waals surface area contributed by atoms with E-state index >= 15 is 0 Å². The first-order valence-corrected chi connectivity index (χ1v) is 4.35. The number of carbonyl (C=O) groups excluding carboxylic acids is 2. The van der Waals surface area contributed by atoms with Gasteiger partial charge in [0.15, 0.2) is 0 Å². The number of rotatable bonds is 2. The number of carboxylic acid groups (broad SMARTS) is 1. The first-order valence-electron chi connectivity index (χ1n) is 4.35. The zero-order valence-electron chi connectivity index (χ0n) is 7.95. The summed E-state index contributed by atoms with van der Waals surface area (Å²) < 4.78 is 0. The van der Waals surface area contributed by atoms with Crippen molar-refractivity contribution in [1.82, 2.24) is 4.98 Å². The fourth-order valence-electron chi connectivity index (χ4n) is 1.30. The molecule has 0 aliphatic carbocycles. The molecule has 0 fully saturated rings. The molecule has 16 heavy (non-hydrogen) atoms. The molecule has 2 amide bonds. The molecule has 1 aliphatic heterocycles. The van der Waals surface area contributed by atoms with Gasteiger partial charge in [-0.25, -0.2) is 14.7 Å². The van der Waals surface area contributed by atoms with Gasteiger partial charge >= 0.3 is 5.97 Å². The van der Waals surface area contributed by atoms with E-state index < -0.39 is 17.8 Å². The number of imide groups is 1. The van der Waals surface area contributed by atoms with E-state index in [9.17, 15) is 14.4 Å². The maximum atomic E-state index is 11.3. The van der Waals surface area contributed by atoms with Gasteiger partial charge in [0, 0.05) is 12.2 Å². The third kappa shape index (κ3) is 1.56. The van der Waals surface area contributed by atoms with Crippen LogP contribution in [0.25, 0.3) is 0 Å². The first-order chi connectivity index (χ1) is 7.59. The van der Waals surface area contributed by atoms with Gasteiger partial charge in [0.1, 0.15) is 5.69 Å². The summed E-state index contributed by atoms with van der Waals surface area (Å²) in [5.74, 6) is -2.09. The minimum Gasteiger partial charge on any atom is -0.477 e. The quantitative estimate of drug-likeness (QED) is 0.717. The number of aromatic carboxylic acids is 1. The highest BCUT2D eigenvalue weighted by atomic mass is 16.4. The number of aromatic nitrogens is 1. The molecule has 1 aromatic heterocycles. The fraction of sp³-hybridized carbons (Fsp3) is 0. The molecule has 80 valence electrons. The highest BCUT2D eigenvalue weighted by Crippen LogP contribution is 2.17. The van der Waals surface area contributed by atoms with Crippen LogP contribution >= 0.6 is 0 Å². The Morgan fingerprint density at radius 1 is 1.19 bits per heavy atom. The van der Waals surface area contributed by atoms with Crippen molar-refractivity contribution in [3.05, 3.63) is 36.2 Å². The maximum absolute atomic E-state index is 11.3. The van der Waals surface area contributed by atoms with Crippen LogP contribution in [0.5, 0.6) is 0 Å². The SMILES string of the molecule is O=C(O)c1ccc(N2C(=O)C=CC2=O)cn1. The van der Waals surface area contributed by atoms with Crippen molar-refractivity contribution in [3.8, 4) is 0 Å². The van der Waals surface area contributed by atoms with Crippen LogP contribution in [0, 0.1) is 0 Å². The highest BCUT2D eigenvalue weighted by molar-refractivity contribution is 6.28. The van der Waals surface area contributed by atoms with Gasteiger partial charge in [-0.3, -0.25) is 9.59 Å². The molecule has 6 heteroatoms. The van der Waals surface area contributed by atoms with Crippen molar-refractivity contribution in [1.29, 1.82) is 0 Å². The Hall–Kier alpha value is -2.50. The number of amides is 2. The lowest BCUT2D eigenvalue weighted by atomic mass is 10.3. The minimum atomic E-state index is -1.16. The molecule has 0 atom stereocenters. The number of nitrogens with zero attached hydrogens (tertiary/aromatic N) is 2. The molecule has 1 N–H and O–H groups in total. The topological polar surface area (TPSA) is 87.6 Å². The zero-order chi connectivity index (χ0) is 11.7. The Morgan fingerprint density at radius 3 is 2.25 bits per heavy atom. The van der Waals surface area contributed by atoms with Gasteiger partial charge in [-0.2, -0.15) is 0 Å². The van der Waals surface area contributed by atoms with Gasteiger partial charge < -0.3 is 5.11 Å². The molecule has 0 unspecified atom stereocenters. The van der Waals surface area contributed by atoms with Crippen molar-refractivity contribution < 1.29 is 19.5 Å². The van der Waals surface area contributed by atoms with Crippen LogP contribution in [0.2, 0.25) is 0 Å². The average Bonchev–Trinajstić information content (AvgIpc) is 2.59. The van der Waals surface area contributed by atoms with Gasteiger partial charge in [0.05, 0.1) is 11.9 Å². The van der Waals surface area contributed by atoms with E-state index in [1.165, 1.54) is 18.3 Å². The Labute approximate surface area is 89.8 Å². The number of hydrogen-bond donors (Lipinski definition) is 1. The molecule has 0 spiro atoms. The second-order valence-electron chi connectivity index (χ2n) is 3.05. The largest absolute Gasteiger partial charge is 0.477 e. The second-order valence-corrected chi connectivity index (χ2v) is 3.05. The third-order valence-corrected chi connectivity index (χ3v) is 2.03. The molecule has 1 aromatic rings. The van der Waals surface area contributed by atoms with Crippen molar-refractivity contribution in [2.75, 3.05) is 4.90 Å². The normalized spacial score (nSPS) is 14.6. The predicted molar refractivity (Wildman–Crippen MR) is 52.8 cm³/mol. The van der Waals surface area contributed by atoms with E-state index in [0.29, 0.717) is 0 Å². The van der Waals surface area contributed by atoms with Gasteiger partial charge in [-0.15, -0.1) is 0 Å². The lowest BCUT2D eigenvalue weighted by Gasteiger charge is -2.12. The van der Waals surface area contributed by atoms with E-state index in [0.717, 1.165) is 17.1 Å². The average molecular weight is 218 g/mol. The summed E-state index contributed by atoms with van der Waals surface area (Å²) in [5.41, 5.74) is 0.112. The Bertz CT molecular complexity index is 486. The summed E-state index contributed by atoms with van der Waals surface area (Å²) in [4.78, 5) is 37.6. The summed E-state index contributed by atoms with van der Waals surface area (Å²) in [6, 6.07) is 2.59. The van der Waals surface area contributed by atoms with Gasteiger partial charge in [-0.05, 0) is 12.1 Å². The monoisotopic (exact) mass is 218 g/mol. The molecular weight excluding hydrogens is 212 g/mol. The molecule has 1 aliphatic rings. The van der Waals surface area contributed by atoms with Crippen LogP contribution in [-0.4, -0.2) is 27.9 Å². The van der Waals surface area contributed by atoms with E-state index in [1.54, 1.807) is 0 Å². The van der Waals surface area contributed by atoms with Gasteiger partial charge in [0.25, 0.3) is 11.8 Å². The Morgan fingerprint density at radius 2 is 1.81 bits per heavy atom. The molecular formula is C10H6N2O4. The summed E-state index contributed by atoms with van der Waals surface area (Å²) in [5, 5.41) is 8.62. The van der Waals surface area contributed by atoms with E-state index in [1.807, 2.05) is 0 Å². The minimum absolute atomic E-state index is 0.143. The van der Waals surface area contributed by atoms with E-state index in [2.05, 4.69) is 4.98 Å². The Kier molecular flexibility index (Phi) is 2.24. The summed E-state index contributed by atoms with van der Waals surface area (Å²) >= 11 is 0. The predicted octanol–water partition coefficient (Wildman–Crippen LogP) is 0.209. The van der Waals surface area contributed by atoms with Gasteiger partial charge in [-0.1, -0.05) is 0 Å². The molecule has 0 aromatic carbocycles. The van der Waals surface area contributed by atoms with Crippen LogP contribution in [0.3, 0.4) is 0 Å². The first kappa shape index (κ1) is 10.0. The molecule has 0 saturated heterocycles. The van der Waals surface area contributed by atoms with Crippen LogP contribution in [-0.2, 0) is 9.59 Å². The fourth-order valence-corrected chi connectivity index (χ4v) is 1.30. The third-order valence-electron chi connectivity index (χ3n) is 2.03.